The molecule has 0 radical (unpaired) electrons. The van der Waals surface area contributed by atoms with Gasteiger partial charge in [0.05, 0.1) is 29.7 Å². The fourth-order valence-corrected chi connectivity index (χ4v) is 3.52. The van der Waals surface area contributed by atoms with Gasteiger partial charge in [-0.15, -0.1) is 0 Å². The molecule has 2 heterocycles. The SMILES string of the molecule is N[C@H](CCOc1cc(C(F)(F)F)cc(C(F)(F)F)c1)C(=O)N1CCC2NNC(=O)[C@@H]2C1. The smallest absolute Gasteiger partial charge is 0.416 e. The first-order valence-electron chi connectivity index (χ1n) is 9.38. The first-order valence-corrected chi connectivity index (χ1v) is 9.38. The summed E-state index contributed by atoms with van der Waals surface area (Å²) >= 11 is 0. The molecule has 3 atom stereocenters. The number of benzene rings is 1. The summed E-state index contributed by atoms with van der Waals surface area (Å²) in [5, 5.41) is 0. The number of amides is 2. The lowest BCUT2D eigenvalue weighted by atomic mass is 9.93. The Bertz CT molecular complexity index is 812. The van der Waals surface area contributed by atoms with Crippen LogP contribution in [0.15, 0.2) is 18.2 Å². The molecule has 1 unspecified atom stereocenters. The number of likely N-dealkylation sites (tertiary alicyclic amines) is 1. The molecular formula is C18H20F6N4O3. The molecule has 1 aromatic carbocycles. The highest BCUT2D eigenvalue weighted by molar-refractivity contribution is 5.85. The van der Waals surface area contributed by atoms with Crippen molar-refractivity contribution in [1.82, 2.24) is 15.8 Å². The fourth-order valence-electron chi connectivity index (χ4n) is 3.52. The fraction of sp³-hybridized carbons (Fsp3) is 0.556. The van der Waals surface area contributed by atoms with Gasteiger partial charge in [-0.3, -0.25) is 15.0 Å². The maximum absolute atomic E-state index is 12.9. The van der Waals surface area contributed by atoms with Gasteiger partial charge in [-0.2, -0.15) is 26.3 Å². The molecule has 0 saturated carbocycles. The number of hydrazine groups is 1. The Kier molecular flexibility index (Phi) is 6.37. The summed E-state index contributed by atoms with van der Waals surface area (Å²) in [7, 11) is 0. The van der Waals surface area contributed by atoms with E-state index in [1.54, 1.807) is 0 Å². The summed E-state index contributed by atoms with van der Waals surface area (Å²) in [6.07, 6.45) is -9.58. The van der Waals surface area contributed by atoms with E-state index in [1.165, 1.54) is 4.90 Å². The topological polar surface area (TPSA) is 96.7 Å². The zero-order valence-electron chi connectivity index (χ0n) is 16.0. The van der Waals surface area contributed by atoms with Gasteiger partial charge in [-0.1, -0.05) is 0 Å². The lowest BCUT2D eigenvalue weighted by Gasteiger charge is -2.34. The number of ether oxygens (including phenoxy) is 1. The van der Waals surface area contributed by atoms with Gasteiger partial charge in [-0.25, -0.2) is 5.43 Å². The normalized spacial score (nSPS) is 22.7. The van der Waals surface area contributed by atoms with E-state index in [-0.39, 0.29) is 37.6 Å². The predicted octanol–water partition coefficient (Wildman–Crippen LogP) is 1.67. The summed E-state index contributed by atoms with van der Waals surface area (Å²) in [4.78, 5) is 25.7. The van der Waals surface area contributed by atoms with Crippen molar-refractivity contribution in [3.05, 3.63) is 29.3 Å². The molecule has 7 nitrogen and oxygen atoms in total. The van der Waals surface area contributed by atoms with Crippen molar-refractivity contribution < 1.29 is 40.7 Å². The van der Waals surface area contributed by atoms with Gasteiger partial charge < -0.3 is 15.4 Å². The second kappa shape index (κ2) is 8.54. The van der Waals surface area contributed by atoms with Crippen molar-refractivity contribution in [2.45, 2.75) is 37.3 Å². The summed E-state index contributed by atoms with van der Waals surface area (Å²) in [5.74, 6) is -1.74. The van der Waals surface area contributed by atoms with Crippen LogP contribution < -0.4 is 21.3 Å². The molecule has 2 aliphatic heterocycles. The number of rotatable bonds is 5. The van der Waals surface area contributed by atoms with E-state index in [4.69, 9.17) is 10.5 Å². The van der Waals surface area contributed by atoms with Crippen LogP contribution in [0.3, 0.4) is 0 Å². The number of nitrogens with two attached hydrogens (primary N) is 1. The van der Waals surface area contributed by atoms with E-state index in [2.05, 4.69) is 10.9 Å². The summed E-state index contributed by atoms with van der Waals surface area (Å²) < 4.78 is 82.4. The zero-order valence-corrected chi connectivity index (χ0v) is 16.0. The Morgan fingerprint density at radius 1 is 1.16 bits per heavy atom. The molecule has 0 bridgehead atoms. The minimum Gasteiger partial charge on any atom is -0.493 e. The highest BCUT2D eigenvalue weighted by atomic mass is 19.4. The molecule has 1 aromatic rings. The van der Waals surface area contributed by atoms with Gasteiger partial charge in [-0.05, 0) is 24.6 Å². The zero-order chi connectivity index (χ0) is 23.0. The van der Waals surface area contributed by atoms with Crippen LogP contribution in [-0.2, 0) is 21.9 Å². The Balaban J connectivity index is 1.59. The predicted molar refractivity (Wildman–Crippen MR) is 94.3 cm³/mol. The number of hydrogen-bond donors (Lipinski definition) is 3. The van der Waals surface area contributed by atoms with Crippen LogP contribution in [-0.4, -0.2) is 48.5 Å². The molecule has 0 spiro atoms. The first-order chi connectivity index (χ1) is 14.4. The van der Waals surface area contributed by atoms with Crippen molar-refractivity contribution in [3.63, 3.8) is 0 Å². The number of carbonyl (C=O) groups excluding carboxylic acids is 2. The summed E-state index contributed by atoms with van der Waals surface area (Å²) in [5.41, 5.74) is 8.17. The van der Waals surface area contributed by atoms with E-state index in [0.29, 0.717) is 25.1 Å². The molecule has 172 valence electrons. The minimum atomic E-state index is -4.99. The van der Waals surface area contributed by atoms with Crippen molar-refractivity contribution in [2.75, 3.05) is 19.7 Å². The van der Waals surface area contributed by atoms with Gasteiger partial charge in [0.15, 0.2) is 0 Å². The second-order valence-electron chi connectivity index (χ2n) is 7.40. The molecule has 3 rings (SSSR count). The lowest BCUT2D eigenvalue weighted by molar-refractivity contribution is -0.143. The number of nitrogens with zero attached hydrogens (tertiary/aromatic N) is 1. The Morgan fingerprint density at radius 3 is 2.35 bits per heavy atom. The average molecular weight is 454 g/mol. The number of halogens is 6. The van der Waals surface area contributed by atoms with Crippen molar-refractivity contribution in [2.24, 2.45) is 11.7 Å². The van der Waals surface area contributed by atoms with Gasteiger partial charge >= 0.3 is 12.4 Å². The van der Waals surface area contributed by atoms with Crippen LogP contribution >= 0.6 is 0 Å². The number of nitrogens with one attached hydrogen (secondary N) is 2. The maximum Gasteiger partial charge on any atom is 0.416 e. The largest absolute Gasteiger partial charge is 0.493 e. The maximum atomic E-state index is 12.9. The van der Waals surface area contributed by atoms with Crippen molar-refractivity contribution >= 4 is 11.8 Å². The van der Waals surface area contributed by atoms with Crippen molar-refractivity contribution in [1.29, 1.82) is 0 Å². The number of fused-ring (bicyclic) bond motifs is 1. The van der Waals surface area contributed by atoms with Crippen LogP contribution in [0.25, 0.3) is 0 Å². The minimum absolute atomic E-state index is 0.000229. The molecule has 2 aliphatic rings. The monoisotopic (exact) mass is 454 g/mol. The molecule has 4 N–H and O–H groups in total. The molecule has 2 fully saturated rings. The Morgan fingerprint density at radius 2 is 1.77 bits per heavy atom. The number of alkyl halides is 6. The lowest BCUT2D eigenvalue weighted by Crippen LogP contribution is -2.52. The van der Waals surface area contributed by atoms with Crippen molar-refractivity contribution in [3.8, 4) is 5.75 Å². The number of hydrogen-bond acceptors (Lipinski definition) is 5. The third-order valence-electron chi connectivity index (χ3n) is 5.22. The van der Waals surface area contributed by atoms with Crippen LogP contribution in [0, 0.1) is 5.92 Å². The average Bonchev–Trinajstić information content (AvgIpc) is 3.06. The molecular weight excluding hydrogens is 434 g/mol. The third kappa shape index (κ3) is 5.39. The molecule has 31 heavy (non-hydrogen) atoms. The van der Waals surface area contributed by atoms with E-state index >= 15 is 0 Å². The Labute approximate surface area is 172 Å². The second-order valence-corrected chi connectivity index (χ2v) is 7.40. The van der Waals surface area contributed by atoms with Gasteiger partial charge in [0, 0.05) is 25.6 Å². The van der Waals surface area contributed by atoms with E-state index in [9.17, 15) is 35.9 Å². The summed E-state index contributed by atoms with van der Waals surface area (Å²) in [6.45, 7) is 0.159. The van der Waals surface area contributed by atoms with Gasteiger partial charge in [0.1, 0.15) is 5.75 Å². The summed E-state index contributed by atoms with van der Waals surface area (Å²) in [6, 6.07) is -0.251. The van der Waals surface area contributed by atoms with Crippen LogP contribution in [0.5, 0.6) is 5.75 Å². The first kappa shape index (κ1) is 23.1. The quantitative estimate of drug-likeness (QED) is 0.589. The highest BCUT2D eigenvalue weighted by Gasteiger charge is 2.41. The van der Waals surface area contributed by atoms with Gasteiger partial charge in [0.2, 0.25) is 11.8 Å². The van der Waals surface area contributed by atoms with E-state index in [1.807, 2.05) is 0 Å². The van der Waals surface area contributed by atoms with Crippen LogP contribution in [0.4, 0.5) is 26.3 Å². The molecule has 2 saturated heterocycles. The van der Waals surface area contributed by atoms with Gasteiger partial charge in [0.25, 0.3) is 0 Å². The number of piperidine rings is 1. The Hall–Kier alpha value is -2.54. The van der Waals surface area contributed by atoms with Crippen LogP contribution in [0.2, 0.25) is 0 Å². The highest BCUT2D eigenvalue weighted by Crippen LogP contribution is 2.38. The van der Waals surface area contributed by atoms with E-state index in [0.717, 1.165) is 0 Å². The molecule has 13 heteroatoms. The van der Waals surface area contributed by atoms with Crippen LogP contribution in [0.1, 0.15) is 24.0 Å². The number of carbonyl (C=O) groups is 2. The standard InChI is InChI=1S/C18H20F6N4O3/c19-17(20,21)9-5-10(18(22,23)24)7-11(6-9)31-4-2-13(25)16(30)28-3-1-14-12(8-28)15(29)27-26-14/h5-7,12-14,26H,1-4,8,25H2,(H,27,29)/t12-,13-,14?/m1/s1. The molecule has 2 amide bonds. The molecule has 0 aliphatic carbocycles. The van der Waals surface area contributed by atoms with E-state index < -0.39 is 47.1 Å². The third-order valence-corrected chi connectivity index (χ3v) is 5.22. The molecule has 0 aromatic heterocycles.